The molecule has 3 aromatic rings. The van der Waals surface area contributed by atoms with E-state index in [9.17, 15) is 13.2 Å². The van der Waals surface area contributed by atoms with Crippen LogP contribution in [-0.2, 0) is 10.0 Å². The summed E-state index contributed by atoms with van der Waals surface area (Å²) in [7, 11) is -2.35. The minimum atomic E-state index is -4.26. The Labute approximate surface area is 229 Å². The number of amides is 1. The van der Waals surface area contributed by atoms with Crippen LogP contribution in [0, 0.1) is 12.8 Å². The number of hydroxylamine groups is 2. The van der Waals surface area contributed by atoms with Crippen LogP contribution in [0.2, 0.25) is 0 Å². The number of aryl methyl sites for hydroxylation is 1. The van der Waals surface area contributed by atoms with Crippen molar-refractivity contribution in [3.8, 4) is 17.1 Å². The van der Waals surface area contributed by atoms with Gasteiger partial charge in [0.2, 0.25) is 0 Å². The summed E-state index contributed by atoms with van der Waals surface area (Å²) in [5, 5.41) is 0.527. The van der Waals surface area contributed by atoms with Crippen LogP contribution in [0.25, 0.3) is 11.3 Å². The number of carbonyl (C=O) groups excluding carboxylic acids is 1. The molecule has 12 heteroatoms. The van der Waals surface area contributed by atoms with E-state index in [1.54, 1.807) is 18.3 Å². The molecule has 1 aliphatic rings. The largest absolute Gasteiger partial charge is 0.384 e. The van der Waals surface area contributed by atoms with Crippen molar-refractivity contribution in [2.45, 2.75) is 51.6 Å². The van der Waals surface area contributed by atoms with Crippen molar-refractivity contribution < 1.29 is 23.1 Å². The van der Waals surface area contributed by atoms with Crippen LogP contribution >= 0.6 is 0 Å². The van der Waals surface area contributed by atoms with Crippen molar-refractivity contribution in [2.75, 3.05) is 30.8 Å². The molecule has 39 heavy (non-hydrogen) atoms. The van der Waals surface area contributed by atoms with E-state index in [0.717, 1.165) is 29.2 Å². The van der Waals surface area contributed by atoms with Gasteiger partial charge >= 0.3 is 0 Å². The third-order valence-electron chi connectivity index (χ3n) is 6.79. The topological polar surface area (TPSA) is 145 Å². The van der Waals surface area contributed by atoms with Crippen LogP contribution in [0.1, 0.15) is 50.0 Å². The fraction of sp³-hybridized carbons (Fsp3) is 0.407. The molecule has 4 heterocycles. The molecule has 4 rings (SSSR count). The fourth-order valence-corrected chi connectivity index (χ4v) is 5.75. The first kappa shape index (κ1) is 28.2. The molecule has 2 atom stereocenters. The van der Waals surface area contributed by atoms with Gasteiger partial charge in [0.1, 0.15) is 25.2 Å². The lowest BCUT2D eigenvalue weighted by Gasteiger charge is -2.34. The highest BCUT2D eigenvalue weighted by atomic mass is 32.2. The molecule has 1 saturated heterocycles. The van der Waals surface area contributed by atoms with Gasteiger partial charge in [0.25, 0.3) is 21.8 Å². The zero-order valence-electron chi connectivity index (χ0n) is 23.1. The summed E-state index contributed by atoms with van der Waals surface area (Å²) in [6.07, 6.45) is 2.58. The van der Waals surface area contributed by atoms with Gasteiger partial charge in [0, 0.05) is 29.4 Å². The molecule has 0 spiro atoms. The second-order valence-electron chi connectivity index (χ2n) is 10.6. The lowest BCUT2D eigenvalue weighted by atomic mass is 9.97. The number of nitrogens with two attached hydrogens (primary N) is 1. The number of rotatable bonds is 8. The van der Waals surface area contributed by atoms with Gasteiger partial charge in [-0.05, 0) is 70.4 Å². The Morgan fingerprint density at radius 3 is 2.62 bits per heavy atom. The molecule has 0 saturated carbocycles. The molecule has 0 bridgehead atoms. The molecule has 0 aliphatic carbocycles. The van der Waals surface area contributed by atoms with Crippen LogP contribution in [-0.4, -0.2) is 55.0 Å². The molecule has 1 unspecified atom stereocenters. The molecule has 0 radical (unpaired) electrons. The maximum Gasteiger partial charge on any atom is 0.284 e. The van der Waals surface area contributed by atoms with Crippen molar-refractivity contribution in [3.05, 3.63) is 53.7 Å². The molecule has 1 fully saturated rings. The normalized spacial score (nSPS) is 17.6. The average Bonchev–Trinajstić information content (AvgIpc) is 3.15. The summed E-state index contributed by atoms with van der Waals surface area (Å²) in [4.78, 5) is 34.5. The third kappa shape index (κ3) is 6.12. The van der Waals surface area contributed by atoms with Crippen molar-refractivity contribution in [1.82, 2.24) is 19.7 Å². The number of hydrogen-bond acceptors (Lipinski definition) is 9. The van der Waals surface area contributed by atoms with E-state index in [4.69, 9.17) is 15.6 Å². The summed E-state index contributed by atoms with van der Waals surface area (Å²) in [6.45, 7) is 11.7. The number of anilines is 2. The molecule has 1 aliphatic heterocycles. The molecular weight excluding hydrogens is 518 g/mol. The van der Waals surface area contributed by atoms with E-state index < -0.39 is 15.9 Å². The maximum atomic E-state index is 13.4. The van der Waals surface area contributed by atoms with Gasteiger partial charge in [-0.2, -0.15) is 8.42 Å². The van der Waals surface area contributed by atoms with Crippen molar-refractivity contribution in [2.24, 2.45) is 5.92 Å². The van der Waals surface area contributed by atoms with Crippen LogP contribution in [0.15, 0.2) is 47.6 Å². The van der Waals surface area contributed by atoms with Crippen LogP contribution < -0.4 is 25.3 Å². The lowest BCUT2D eigenvalue weighted by molar-refractivity contribution is -1.05. The van der Waals surface area contributed by atoms with Crippen LogP contribution in [0.3, 0.4) is 0 Å². The highest BCUT2D eigenvalue weighted by Crippen LogP contribution is 2.38. The van der Waals surface area contributed by atoms with Gasteiger partial charge < -0.3 is 10.6 Å². The first-order chi connectivity index (χ1) is 18.3. The standard InChI is InChI=1S/C27H35N7O4S/c1-7-33(6)38-26-18(3)13-19(15-29-26)21-12-11-20(24(30-21)34-16-17(2)14-27(34,4)5)25(35)32-39(36,37)23-10-8-9-22(28)31-23/h8-13,15,17H,7,14,16H2,1-6H3,(H2,28,31)(H,32,35)/p+1/t17-/m0/s1. The minimum Gasteiger partial charge on any atom is -0.384 e. The van der Waals surface area contributed by atoms with E-state index in [1.165, 1.54) is 18.2 Å². The fourth-order valence-electron chi connectivity index (χ4n) is 4.81. The number of pyridine rings is 3. The van der Waals surface area contributed by atoms with Crippen LogP contribution in [0.5, 0.6) is 5.88 Å². The number of nitrogen functional groups attached to an aromatic ring is 1. The van der Waals surface area contributed by atoms with Crippen molar-refractivity contribution in [1.29, 1.82) is 0 Å². The summed E-state index contributed by atoms with van der Waals surface area (Å²) < 4.78 is 28.0. The summed E-state index contributed by atoms with van der Waals surface area (Å²) >= 11 is 0. The molecule has 4 N–H and O–H groups in total. The highest BCUT2D eigenvalue weighted by molar-refractivity contribution is 7.90. The molecule has 208 valence electrons. The Morgan fingerprint density at radius 1 is 1.26 bits per heavy atom. The van der Waals surface area contributed by atoms with Gasteiger partial charge in [0.05, 0.1) is 11.3 Å². The second-order valence-corrected chi connectivity index (χ2v) is 12.3. The van der Waals surface area contributed by atoms with Crippen molar-refractivity contribution >= 4 is 27.6 Å². The quantitative estimate of drug-likeness (QED) is 0.356. The highest BCUT2D eigenvalue weighted by Gasteiger charge is 2.39. The lowest BCUT2D eigenvalue weighted by Crippen LogP contribution is -3.10. The Morgan fingerprint density at radius 2 is 2.00 bits per heavy atom. The first-order valence-electron chi connectivity index (χ1n) is 12.9. The van der Waals surface area contributed by atoms with Gasteiger partial charge in [-0.1, -0.05) is 13.0 Å². The SMILES string of the molecule is CC[NH+](C)Oc1ncc(-c2ccc(C(=O)NS(=O)(=O)c3cccc(N)n3)c(N3C[C@@H](C)CC3(C)C)n2)cc1C. The Balaban J connectivity index is 1.74. The minimum absolute atomic E-state index is 0.0351. The smallest absolute Gasteiger partial charge is 0.284 e. The maximum absolute atomic E-state index is 13.4. The van der Waals surface area contributed by atoms with E-state index in [1.807, 2.05) is 27.0 Å². The zero-order valence-corrected chi connectivity index (χ0v) is 24.0. The third-order valence-corrected chi connectivity index (χ3v) is 8.02. The molecule has 1 amide bonds. The first-order valence-corrected chi connectivity index (χ1v) is 14.3. The number of nitrogens with one attached hydrogen (secondary N) is 2. The number of hydrogen-bond donors (Lipinski definition) is 3. The summed E-state index contributed by atoms with van der Waals surface area (Å²) in [5.74, 6) is 0.535. The zero-order chi connectivity index (χ0) is 28.5. The molecule has 11 nitrogen and oxygen atoms in total. The predicted octanol–water partition coefficient (Wildman–Crippen LogP) is 2.00. The number of nitrogens with zero attached hydrogens (tertiary/aromatic N) is 4. The Bertz CT molecular complexity index is 1490. The van der Waals surface area contributed by atoms with Gasteiger partial charge in [-0.25, -0.2) is 19.7 Å². The number of carbonyl (C=O) groups is 1. The molecule has 3 aromatic heterocycles. The number of sulfonamides is 1. The molecule has 0 aromatic carbocycles. The van der Waals surface area contributed by atoms with Gasteiger partial charge in [-0.15, -0.1) is 5.06 Å². The molecular formula is C27H36N7O4S+. The monoisotopic (exact) mass is 554 g/mol. The number of aromatic nitrogens is 3. The summed E-state index contributed by atoms with van der Waals surface area (Å²) in [5.41, 5.74) is 7.71. The van der Waals surface area contributed by atoms with Gasteiger partial charge in [-0.3, -0.25) is 9.63 Å². The predicted molar refractivity (Wildman–Crippen MR) is 149 cm³/mol. The van der Waals surface area contributed by atoms with Crippen LogP contribution in [0.4, 0.5) is 11.6 Å². The van der Waals surface area contributed by atoms with Gasteiger partial charge in [0.15, 0.2) is 5.03 Å². The van der Waals surface area contributed by atoms with E-state index in [0.29, 0.717) is 29.9 Å². The number of quaternary nitrogens is 1. The second kappa shape index (κ2) is 10.8. The summed E-state index contributed by atoms with van der Waals surface area (Å²) in [6, 6.07) is 9.44. The van der Waals surface area contributed by atoms with E-state index in [2.05, 4.69) is 40.4 Å². The van der Waals surface area contributed by atoms with E-state index >= 15 is 0 Å². The Hall–Kier alpha value is -3.77. The van der Waals surface area contributed by atoms with E-state index in [-0.39, 0.29) is 21.9 Å². The van der Waals surface area contributed by atoms with Crippen molar-refractivity contribution in [3.63, 3.8) is 0 Å². The average molecular weight is 555 g/mol. The Kier molecular flexibility index (Phi) is 7.80.